The van der Waals surface area contributed by atoms with Crippen LogP contribution in [0.1, 0.15) is 64.7 Å². The van der Waals surface area contributed by atoms with Gasteiger partial charge in [0.25, 0.3) is 0 Å². The van der Waals surface area contributed by atoms with Gasteiger partial charge in [-0.2, -0.15) is 0 Å². The number of hydrogen-bond donors (Lipinski definition) is 1. The summed E-state index contributed by atoms with van der Waals surface area (Å²) in [5.74, 6) is 2.65. The van der Waals surface area contributed by atoms with Gasteiger partial charge in [0.1, 0.15) is 11.8 Å². The number of halogens is 2. The summed E-state index contributed by atoms with van der Waals surface area (Å²) in [6, 6.07) is 20.3. The highest BCUT2D eigenvalue weighted by atomic mass is 127. The Labute approximate surface area is 351 Å². The molecule has 290 valence electrons. The molecule has 0 fully saturated rings. The molecule has 8 rings (SSSR count). The van der Waals surface area contributed by atoms with Crippen LogP contribution < -0.4 is 28.8 Å². The highest BCUT2D eigenvalue weighted by Crippen LogP contribution is 2.53. The van der Waals surface area contributed by atoms with Crippen LogP contribution in [-0.4, -0.2) is 75.5 Å². The predicted molar refractivity (Wildman–Crippen MR) is 226 cm³/mol. The average molecular weight is 965 g/mol. The monoisotopic (exact) mass is 964 g/mol. The van der Waals surface area contributed by atoms with Gasteiger partial charge >= 0.3 is 0 Å². The molecule has 0 saturated carbocycles. The van der Waals surface area contributed by atoms with Gasteiger partial charge in [0.2, 0.25) is 5.75 Å². The summed E-state index contributed by atoms with van der Waals surface area (Å²) in [6.45, 7) is 2.44. The van der Waals surface area contributed by atoms with Crippen molar-refractivity contribution in [2.24, 2.45) is 0 Å². The van der Waals surface area contributed by atoms with Crippen molar-refractivity contribution >= 4 is 53.9 Å². The van der Waals surface area contributed by atoms with Crippen LogP contribution in [0.25, 0.3) is 0 Å². The number of carboxylic acids is 1. The zero-order valence-electron chi connectivity index (χ0n) is 31.5. The first-order chi connectivity index (χ1) is 25.1. The van der Waals surface area contributed by atoms with E-state index in [0.717, 1.165) is 61.2 Å². The lowest BCUT2D eigenvalue weighted by atomic mass is 9.85. The van der Waals surface area contributed by atoms with Crippen molar-refractivity contribution in [3.05, 3.63) is 94.0 Å². The Morgan fingerprint density at radius 3 is 2.24 bits per heavy atom. The molecule has 10 nitrogen and oxygen atoms in total. The van der Waals surface area contributed by atoms with E-state index in [4.69, 9.17) is 23.7 Å². The Kier molecular flexibility index (Phi) is 13.5. The zero-order chi connectivity index (χ0) is 36.6. The number of quaternary nitrogens is 1. The standard InChI is InChI=1S/C42H48N2O8.2HI/c1-43-17-15-28-23-35(49-4)37-25-31(28)32(43)20-26-9-12-30(13-10-26)51-36-22-27(11-14-34(36)48-3)21-33-40-29(24-38(50-5)41(47)42(40)52-37)16-19-44(33,2)18-7-6-8-39(45)46;;/h9-14,22-25,32-33H,6-8,15-21H2,1-5H3,(H-,45,46,47);2*1H. The summed E-state index contributed by atoms with van der Waals surface area (Å²) < 4.78 is 31.5. The SMILES string of the molecule is COc1ccc2cc1Oc1ccc(cc1)CC1c3cc(c(OC)cc3CCN1C)Oc1c(O)c(OC)cc3c1C(C2)[N+](C)(CCCCC(=O)[O-])CC3.I.I. The van der Waals surface area contributed by atoms with E-state index in [2.05, 4.69) is 49.3 Å². The van der Waals surface area contributed by atoms with Crippen molar-refractivity contribution in [1.82, 2.24) is 4.90 Å². The average Bonchev–Trinajstić information content (AvgIpc) is 3.14. The molecule has 4 heterocycles. The first-order valence-corrected chi connectivity index (χ1v) is 18.1. The largest absolute Gasteiger partial charge is 0.550 e. The van der Waals surface area contributed by atoms with Gasteiger partial charge in [-0.05, 0) is 109 Å². The lowest BCUT2D eigenvalue weighted by molar-refractivity contribution is -0.941. The molecular formula is C42H50I2N2O8. The lowest BCUT2D eigenvalue weighted by Gasteiger charge is -2.46. The smallest absolute Gasteiger partial charge is 0.201 e. The molecular weight excluding hydrogens is 914 g/mol. The van der Waals surface area contributed by atoms with Gasteiger partial charge in [0.05, 0.1) is 47.0 Å². The number of nitrogens with zero attached hydrogens (tertiary/aromatic N) is 2. The van der Waals surface area contributed by atoms with Gasteiger partial charge in [0.15, 0.2) is 34.5 Å². The minimum Gasteiger partial charge on any atom is -0.550 e. The fraction of sp³-hybridized carbons (Fsp3) is 0.405. The fourth-order valence-electron chi connectivity index (χ4n) is 8.34. The highest BCUT2D eigenvalue weighted by molar-refractivity contribution is 14.0. The second-order valence-corrected chi connectivity index (χ2v) is 14.5. The first kappa shape index (κ1) is 41.7. The predicted octanol–water partition coefficient (Wildman–Crippen LogP) is 7.53. The fourth-order valence-corrected chi connectivity index (χ4v) is 8.34. The number of rotatable bonds is 8. The van der Waals surface area contributed by atoms with Gasteiger partial charge in [-0.25, -0.2) is 0 Å². The topological polar surface area (TPSA) is 110 Å². The number of aliphatic carboxylic acids is 1. The molecule has 1 N–H and O–H groups in total. The molecule has 4 aromatic rings. The van der Waals surface area contributed by atoms with Crippen LogP contribution in [0.4, 0.5) is 0 Å². The lowest BCUT2D eigenvalue weighted by Crippen LogP contribution is -2.52. The summed E-state index contributed by atoms with van der Waals surface area (Å²) in [5, 5.41) is 23.2. The maximum Gasteiger partial charge on any atom is 0.201 e. The van der Waals surface area contributed by atoms with E-state index in [1.165, 1.54) is 11.1 Å². The summed E-state index contributed by atoms with van der Waals surface area (Å²) >= 11 is 0. The summed E-state index contributed by atoms with van der Waals surface area (Å²) in [7, 11) is 9.21. The quantitative estimate of drug-likeness (QED) is 0.109. The number of carboxylic acid groups (broad SMARTS) is 1. The van der Waals surface area contributed by atoms with Crippen LogP contribution in [-0.2, 0) is 30.5 Å². The highest BCUT2D eigenvalue weighted by Gasteiger charge is 2.43. The van der Waals surface area contributed by atoms with E-state index in [1.54, 1.807) is 21.3 Å². The van der Waals surface area contributed by atoms with Crippen molar-refractivity contribution in [3.8, 4) is 46.0 Å². The number of phenols is 1. The molecule has 12 heteroatoms. The number of carbonyl (C=O) groups excluding carboxylic acids is 1. The molecule has 4 aromatic carbocycles. The van der Waals surface area contributed by atoms with E-state index in [0.29, 0.717) is 64.0 Å². The second-order valence-electron chi connectivity index (χ2n) is 14.5. The molecule has 0 amide bonds. The van der Waals surface area contributed by atoms with Crippen molar-refractivity contribution in [3.63, 3.8) is 0 Å². The zero-order valence-corrected chi connectivity index (χ0v) is 36.2. The van der Waals surface area contributed by atoms with Crippen LogP contribution in [0.3, 0.4) is 0 Å². The van der Waals surface area contributed by atoms with Crippen molar-refractivity contribution < 1.29 is 43.2 Å². The van der Waals surface area contributed by atoms with Crippen molar-refractivity contribution in [2.45, 2.75) is 57.0 Å². The molecule has 54 heavy (non-hydrogen) atoms. The van der Waals surface area contributed by atoms with E-state index >= 15 is 0 Å². The van der Waals surface area contributed by atoms with E-state index < -0.39 is 5.97 Å². The molecule has 3 unspecified atom stereocenters. The number of likely N-dealkylation sites (N-methyl/N-ethyl adjacent to an activating group) is 2. The van der Waals surface area contributed by atoms with Gasteiger partial charge < -0.3 is 43.2 Å². The first-order valence-electron chi connectivity index (χ1n) is 18.1. The molecule has 0 spiro atoms. The van der Waals surface area contributed by atoms with Gasteiger partial charge in [-0.3, -0.25) is 4.90 Å². The van der Waals surface area contributed by atoms with E-state index in [-0.39, 0.29) is 72.2 Å². The molecule has 0 aromatic heterocycles. The van der Waals surface area contributed by atoms with E-state index in [9.17, 15) is 15.0 Å². The summed E-state index contributed by atoms with van der Waals surface area (Å²) in [6.07, 6.45) is 4.20. The molecule has 4 aliphatic rings. The van der Waals surface area contributed by atoms with Crippen LogP contribution in [0.2, 0.25) is 0 Å². The molecule has 0 saturated heterocycles. The second kappa shape index (κ2) is 17.5. The molecule has 0 radical (unpaired) electrons. The number of methoxy groups -OCH3 is 3. The summed E-state index contributed by atoms with van der Waals surface area (Å²) in [5.41, 5.74) is 6.50. The van der Waals surface area contributed by atoms with Gasteiger partial charge in [-0.15, -0.1) is 48.0 Å². The number of hydrogen-bond acceptors (Lipinski definition) is 9. The van der Waals surface area contributed by atoms with Crippen LogP contribution in [0, 0.1) is 0 Å². The van der Waals surface area contributed by atoms with Crippen LogP contribution >= 0.6 is 48.0 Å². The third kappa shape index (κ3) is 8.36. The number of benzene rings is 4. The Balaban J connectivity index is 0.00000280. The number of aromatic hydroxyl groups is 1. The Morgan fingerprint density at radius 1 is 0.852 bits per heavy atom. The maximum atomic E-state index is 11.9. The van der Waals surface area contributed by atoms with Crippen molar-refractivity contribution in [1.29, 1.82) is 0 Å². The Bertz CT molecular complexity index is 1970. The number of phenolic OH excluding ortho intramolecular Hbond substituents is 1. The third-order valence-corrected chi connectivity index (χ3v) is 11.3. The summed E-state index contributed by atoms with van der Waals surface area (Å²) in [4.78, 5) is 13.7. The number of carbonyl (C=O) groups is 1. The van der Waals surface area contributed by atoms with Gasteiger partial charge in [0, 0.05) is 31.4 Å². The maximum absolute atomic E-state index is 11.9. The Hall–Kier alpha value is -3.47. The molecule has 4 aliphatic heterocycles. The van der Waals surface area contributed by atoms with Crippen molar-refractivity contribution in [2.75, 3.05) is 55.1 Å². The Morgan fingerprint density at radius 2 is 1.54 bits per heavy atom. The number of ether oxygens (including phenoxy) is 5. The molecule has 3 atom stereocenters. The van der Waals surface area contributed by atoms with Crippen LogP contribution in [0.5, 0.6) is 46.0 Å². The number of unbranched alkanes of at least 4 members (excludes halogenated alkanes) is 1. The third-order valence-electron chi connectivity index (χ3n) is 11.3. The molecule has 0 aliphatic carbocycles. The number of fused-ring (bicyclic) bond motifs is 2. The van der Waals surface area contributed by atoms with E-state index in [1.807, 2.05) is 30.3 Å². The molecule has 6 bridgehead atoms. The minimum absolute atomic E-state index is 0. The normalized spacial score (nSPS) is 20.0. The van der Waals surface area contributed by atoms with Gasteiger partial charge in [-0.1, -0.05) is 18.2 Å². The van der Waals surface area contributed by atoms with Crippen LogP contribution in [0.15, 0.2) is 60.7 Å². The minimum atomic E-state index is -1.04.